The minimum Gasteiger partial charge on any atom is -0.422 e. The summed E-state index contributed by atoms with van der Waals surface area (Å²) < 4.78 is 5.51. The van der Waals surface area contributed by atoms with Crippen molar-refractivity contribution in [1.82, 2.24) is 0 Å². The van der Waals surface area contributed by atoms with Gasteiger partial charge in [0.2, 0.25) is 0 Å². The van der Waals surface area contributed by atoms with Crippen molar-refractivity contribution in [2.24, 2.45) is 0 Å². The minimum atomic E-state index is -0.244. The SMILES string of the molecule is Cc1ccc2c(C[NH+]3CCc4sccc4[C@@H]3C)cc(=O)oc2c1C. The van der Waals surface area contributed by atoms with Crippen LogP contribution in [-0.4, -0.2) is 6.54 Å². The Morgan fingerprint density at radius 2 is 2.12 bits per heavy atom. The predicted octanol–water partition coefficient (Wildman–Crippen LogP) is 3.17. The number of quaternary nitrogens is 1. The van der Waals surface area contributed by atoms with Crippen LogP contribution >= 0.6 is 11.3 Å². The van der Waals surface area contributed by atoms with Crippen molar-refractivity contribution < 1.29 is 9.32 Å². The molecule has 2 atom stereocenters. The lowest BCUT2D eigenvalue weighted by Gasteiger charge is -2.30. The highest BCUT2D eigenvalue weighted by molar-refractivity contribution is 7.10. The highest BCUT2D eigenvalue weighted by Gasteiger charge is 2.28. The van der Waals surface area contributed by atoms with E-state index in [0.29, 0.717) is 6.04 Å². The molecule has 1 unspecified atom stereocenters. The Morgan fingerprint density at radius 3 is 2.96 bits per heavy atom. The van der Waals surface area contributed by atoms with Crippen LogP contribution in [0.25, 0.3) is 11.0 Å². The third-order valence-corrected chi connectivity index (χ3v) is 6.46. The van der Waals surface area contributed by atoms with Crippen molar-refractivity contribution >= 4 is 22.3 Å². The number of thiophene rings is 1. The summed E-state index contributed by atoms with van der Waals surface area (Å²) in [6.07, 6.45) is 1.13. The second kappa shape index (κ2) is 5.87. The largest absolute Gasteiger partial charge is 0.422 e. The van der Waals surface area contributed by atoms with Crippen LogP contribution < -0.4 is 10.5 Å². The molecule has 124 valence electrons. The summed E-state index contributed by atoms with van der Waals surface area (Å²) in [5.41, 5.74) is 5.30. The lowest BCUT2D eigenvalue weighted by Crippen LogP contribution is -3.11. The van der Waals surface area contributed by atoms with Crippen LogP contribution in [-0.2, 0) is 13.0 Å². The van der Waals surface area contributed by atoms with E-state index in [4.69, 9.17) is 4.42 Å². The van der Waals surface area contributed by atoms with Crippen molar-refractivity contribution in [3.05, 3.63) is 67.2 Å². The zero-order valence-corrected chi connectivity index (χ0v) is 15.1. The first-order valence-corrected chi connectivity index (χ1v) is 9.36. The standard InChI is InChI=1S/C20H21NO2S/c1-12-4-5-17-15(10-19(22)23-20(17)13(12)2)11-21-8-6-18-16(14(21)3)7-9-24-18/h4-5,7,9-10,14H,6,8,11H2,1-3H3/p+1/t14-/m0/s1. The van der Waals surface area contributed by atoms with Crippen LogP contribution in [0, 0.1) is 13.8 Å². The molecule has 4 heteroatoms. The van der Waals surface area contributed by atoms with Crippen molar-refractivity contribution in [2.75, 3.05) is 6.54 Å². The molecular formula is C20H22NO2S+. The summed E-state index contributed by atoms with van der Waals surface area (Å²) in [6, 6.07) is 8.62. The van der Waals surface area contributed by atoms with Gasteiger partial charge in [0.15, 0.2) is 0 Å². The molecule has 3 heterocycles. The summed E-state index contributed by atoms with van der Waals surface area (Å²) in [7, 11) is 0. The quantitative estimate of drug-likeness (QED) is 0.727. The molecular weight excluding hydrogens is 318 g/mol. The molecule has 1 aliphatic rings. The van der Waals surface area contributed by atoms with Gasteiger partial charge in [-0.25, -0.2) is 4.79 Å². The van der Waals surface area contributed by atoms with Crippen LogP contribution in [0.1, 0.15) is 40.1 Å². The van der Waals surface area contributed by atoms with E-state index in [1.807, 2.05) is 18.3 Å². The number of benzene rings is 1. The smallest absolute Gasteiger partial charge is 0.336 e. The van der Waals surface area contributed by atoms with Gasteiger partial charge < -0.3 is 9.32 Å². The van der Waals surface area contributed by atoms with Crippen molar-refractivity contribution in [3.8, 4) is 0 Å². The number of hydrogen-bond acceptors (Lipinski definition) is 3. The first-order valence-electron chi connectivity index (χ1n) is 8.48. The third-order valence-electron chi connectivity index (χ3n) is 5.47. The number of hydrogen-bond donors (Lipinski definition) is 1. The molecule has 0 saturated heterocycles. The second-order valence-corrected chi connectivity index (χ2v) is 7.83. The first kappa shape index (κ1) is 15.6. The van der Waals surface area contributed by atoms with Gasteiger partial charge in [0.05, 0.1) is 6.54 Å². The van der Waals surface area contributed by atoms with E-state index in [0.717, 1.165) is 47.2 Å². The molecule has 0 saturated carbocycles. The van der Waals surface area contributed by atoms with Gasteiger partial charge in [0.25, 0.3) is 0 Å². The molecule has 4 rings (SSSR count). The van der Waals surface area contributed by atoms with Crippen LogP contribution in [0.15, 0.2) is 38.9 Å². The minimum absolute atomic E-state index is 0.244. The van der Waals surface area contributed by atoms with Gasteiger partial charge in [-0.2, -0.15) is 0 Å². The molecule has 24 heavy (non-hydrogen) atoms. The topological polar surface area (TPSA) is 34.7 Å². The molecule has 2 aromatic heterocycles. The molecule has 3 nitrogen and oxygen atoms in total. The highest BCUT2D eigenvalue weighted by Crippen LogP contribution is 2.26. The van der Waals surface area contributed by atoms with Gasteiger partial charge in [-0.3, -0.25) is 0 Å². The maximum absolute atomic E-state index is 12.1. The molecule has 0 radical (unpaired) electrons. The van der Waals surface area contributed by atoms with E-state index in [9.17, 15) is 4.79 Å². The van der Waals surface area contributed by atoms with Crippen LogP contribution in [0.2, 0.25) is 0 Å². The van der Waals surface area contributed by atoms with E-state index in [-0.39, 0.29) is 5.63 Å². The number of nitrogens with one attached hydrogen (secondary N) is 1. The predicted molar refractivity (Wildman–Crippen MR) is 97.9 cm³/mol. The second-order valence-electron chi connectivity index (χ2n) is 6.83. The normalized spacial score (nSPS) is 20.3. The monoisotopic (exact) mass is 340 g/mol. The Morgan fingerprint density at radius 1 is 1.29 bits per heavy atom. The number of aryl methyl sites for hydroxylation is 2. The molecule has 1 aromatic carbocycles. The lowest BCUT2D eigenvalue weighted by molar-refractivity contribution is -0.945. The Labute approximate surface area is 145 Å². The maximum atomic E-state index is 12.1. The van der Waals surface area contributed by atoms with E-state index in [1.165, 1.54) is 15.3 Å². The third kappa shape index (κ3) is 2.50. The zero-order chi connectivity index (χ0) is 16.8. The number of rotatable bonds is 2. The molecule has 0 aliphatic carbocycles. The van der Waals surface area contributed by atoms with Gasteiger partial charge in [0, 0.05) is 33.9 Å². The number of fused-ring (bicyclic) bond motifs is 2. The highest BCUT2D eigenvalue weighted by atomic mass is 32.1. The van der Waals surface area contributed by atoms with Gasteiger partial charge in [-0.15, -0.1) is 11.3 Å². The van der Waals surface area contributed by atoms with E-state index in [2.05, 4.69) is 37.4 Å². The van der Waals surface area contributed by atoms with Crippen LogP contribution in [0.5, 0.6) is 0 Å². The van der Waals surface area contributed by atoms with Crippen LogP contribution in [0.3, 0.4) is 0 Å². The summed E-state index contributed by atoms with van der Waals surface area (Å²) in [6.45, 7) is 8.35. The fourth-order valence-electron chi connectivity index (χ4n) is 3.81. The Hall–Kier alpha value is -1.91. The van der Waals surface area contributed by atoms with Crippen molar-refractivity contribution in [1.29, 1.82) is 0 Å². The fraction of sp³-hybridized carbons (Fsp3) is 0.350. The molecule has 0 amide bonds. The van der Waals surface area contributed by atoms with E-state index in [1.54, 1.807) is 6.07 Å². The van der Waals surface area contributed by atoms with Gasteiger partial charge in [0.1, 0.15) is 18.2 Å². The Balaban J connectivity index is 1.75. The van der Waals surface area contributed by atoms with Crippen molar-refractivity contribution in [2.45, 2.75) is 39.8 Å². The Kier molecular flexibility index (Phi) is 3.82. The van der Waals surface area contributed by atoms with Gasteiger partial charge in [-0.1, -0.05) is 12.1 Å². The molecule has 0 spiro atoms. The summed E-state index contributed by atoms with van der Waals surface area (Å²) >= 11 is 1.87. The van der Waals surface area contributed by atoms with E-state index >= 15 is 0 Å². The summed E-state index contributed by atoms with van der Waals surface area (Å²) in [4.78, 5) is 15.1. The first-order chi connectivity index (χ1) is 11.5. The molecule has 1 aliphatic heterocycles. The fourth-order valence-corrected chi connectivity index (χ4v) is 4.79. The average Bonchev–Trinajstić information content (AvgIpc) is 3.03. The average molecular weight is 340 g/mol. The van der Waals surface area contributed by atoms with Crippen LogP contribution in [0.4, 0.5) is 0 Å². The van der Waals surface area contributed by atoms with Gasteiger partial charge >= 0.3 is 5.63 Å². The zero-order valence-electron chi connectivity index (χ0n) is 14.3. The van der Waals surface area contributed by atoms with E-state index < -0.39 is 0 Å². The lowest BCUT2D eigenvalue weighted by atomic mass is 9.99. The molecule has 3 aromatic rings. The van der Waals surface area contributed by atoms with Crippen molar-refractivity contribution in [3.63, 3.8) is 0 Å². The summed E-state index contributed by atoms with van der Waals surface area (Å²) in [5.74, 6) is 0. The molecule has 0 fully saturated rings. The summed E-state index contributed by atoms with van der Waals surface area (Å²) in [5, 5.41) is 3.27. The van der Waals surface area contributed by atoms with Gasteiger partial charge in [-0.05, 0) is 43.3 Å². The Bertz CT molecular complexity index is 969. The molecule has 0 bridgehead atoms. The maximum Gasteiger partial charge on any atom is 0.336 e. The molecule has 1 N–H and O–H groups in total.